The van der Waals surface area contributed by atoms with Gasteiger partial charge in [0.2, 0.25) is 0 Å². The molecule has 0 saturated heterocycles. The summed E-state index contributed by atoms with van der Waals surface area (Å²) in [5.74, 6) is -0.315. The third-order valence-corrected chi connectivity index (χ3v) is 2.56. The van der Waals surface area contributed by atoms with Crippen LogP contribution in [0.3, 0.4) is 0 Å². The topological polar surface area (TPSA) is 12.0 Å². The van der Waals surface area contributed by atoms with Gasteiger partial charge in [0.1, 0.15) is 5.82 Å². The molecule has 0 aliphatic carbocycles. The first-order valence-corrected chi connectivity index (χ1v) is 5.36. The molecule has 0 heterocycles. The van der Waals surface area contributed by atoms with E-state index < -0.39 is 0 Å². The van der Waals surface area contributed by atoms with E-state index in [9.17, 15) is 4.39 Å². The quantitative estimate of drug-likeness (QED) is 0.759. The molecule has 0 radical (unpaired) electrons. The molecule has 3 heteroatoms. The van der Waals surface area contributed by atoms with E-state index in [1.54, 1.807) is 12.1 Å². The molecular weight excluding hydrogens is 213 g/mol. The predicted molar refractivity (Wildman–Crippen MR) is 63.9 cm³/mol. The van der Waals surface area contributed by atoms with Gasteiger partial charge in [0.15, 0.2) is 0 Å². The Hall–Kier alpha value is -1.02. The fraction of sp³-hybridized carbons (Fsp3) is 0.333. The maximum atomic E-state index is 13.3. The lowest BCUT2D eigenvalue weighted by Crippen LogP contribution is -2.01. The molecule has 0 aromatic heterocycles. The molecule has 0 saturated carbocycles. The molecule has 1 rings (SSSR count). The van der Waals surface area contributed by atoms with Crippen molar-refractivity contribution in [3.63, 3.8) is 0 Å². The SMILES string of the molecule is CC/C(C)=C/CNc1c(F)cccc1Cl. The average molecular weight is 228 g/mol. The van der Waals surface area contributed by atoms with Crippen LogP contribution in [0.15, 0.2) is 29.8 Å². The van der Waals surface area contributed by atoms with Gasteiger partial charge in [-0.3, -0.25) is 0 Å². The van der Waals surface area contributed by atoms with Crippen molar-refractivity contribution in [3.8, 4) is 0 Å². The zero-order chi connectivity index (χ0) is 11.3. The maximum absolute atomic E-state index is 13.3. The van der Waals surface area contributed by atoms with Crippen molar-refractivity contribution in [2.24, 2.45) is 0 Å². The zero-order valence-corrected chi connectivity index (χ0v) is 9.74. The minimum absolute atomic E-state index is 0.315. The number of rotatable bonds is 4. The minimum Gasteiger partial charge on any atom is -0.378 e. The van der Waals surface area contributed by atoms with Crippen LogP contribution in [0.4, 0.5) is 10.1 Å². The van der Waals surface area contributed by atoms with Crippen molar-refractivity contribution in [2.75, 3.05) is 11.9 Å². The molecule has 0 atom stereocenters. The summed E-state index contributed by atoms with van der Waals surface area (Å²) in [5, 5.41) is 3.38. The van der Waals surface area contributed by atoms with Gasteiger partial charge in [-0.2, -0.15) is 0 Å². The van der Waals surface area contributed by atoms with E-state index in [4.69, 9.17) is 11.6 Å². The van der Waals surface area contributed by atoms with Gasteiger partial charge in [0.05, 0.1) is 10.7 Å². The molecule has 15 heavy (non-hydrogen) atoms. The Morgan fingerprint density at radius 1 is 1.53 bits per heavy atom. The van der Waals surface area contributed by atoms with E-state index in [1.807, 2.05) is 13.0 Å². The monoisotopic (exact) mass is 227 g/mol. The molecule has 1 aromatic carbocycles. The Kier molecular flexibility index (Phi) is 4.63. The van der Waals surface area contributed by atoms with Crippen LogP contribution in [-0.2, 0) is 0 Å². The lowest BCUT2D eigenvalue weighted by molar-refractivity contribution is 0.631. The van der Waals surface area contributed by atoms with Crippen molar-refractivity contribution in [1.29, 1.82) is 0 Å². The van der Waals surface area contributed by atoms with Gasteiger partial charge in [-0.1, -0.05) is 36.2 Å². The van der Waals surface area contributed by atoms with Gasteiger partial charge in [-0.05, 0) is 25.5 Å². The Balaban J connectivity index is 2.65. The van der Waals surface area contributed by atoms with Gasteiger partial charge in [0, 0.05) is 6.54 Å². The van der Waals surface area contributed by atoms with Gasteiger partial charge < -0.3 is 5.32 Å². The molecule has 1 aromatic rings. The Labute approximate surface area is 95.0 Å². The fourth-order valence-electron chi connectivity index (χ4n) is 1.14. The first-order chi connectivity index (χ1) is 7.15. The van der Waals surface area contributed by atoms with Gasteiger partial charge in [0.25, 0.3) is 0 Å². The Morgan fingerprint density at radius 3 is 2.87 bits per heavy atom. The molecule has 0 fully saturated rings. The molecule has 0 aliphatic heterocycles. The predicted octanol–water partition coefficient (Wildman–Crippen LogP) is 4.25. The number of para-hydroxylation sites is 1. The lowest BCUT2D eigenvalue weighted by Gasteiger charge is -2.07. The molecule has 1 N–H and O–H groups in total. The first-order valence-electron chi connectivity index (χ1n) is 4.98. The summed E-state index contributed by atoms with van der Waals surface area (Å²) in [7, 11) is 0. The third-order valence-electron chi connectivity index (χ3n) is 2.25. The molecule has 0 aliphatic rings. The number of hydrogen-bond acceptors (Lipinski definition) is 1. The minimum atomic E-state index is -0.315. The third kappa shape index (κ3) is 3.56. The van der Waals surface area contributed by atoms with Crippen molar-refractivity contribution in [1.82, 2.24) is 0 Å². The number of allylic oxidation sites excluding steroid dienone is 1. The average Bonchev–Trinajstić information content (AvgIpc) is 2.22. The second-order valence-electron chi connectivity index (χ2n) is 3.38. The van der Waals surface area contributed by atoms with E-state index in [0.717, 1.165) is 6.42 Å². The summed E-state index contributed by atoms with van der Waals surface area (Å²) in [6.07, 6.45) is 3.04. The molecule has 0 amide bonds. The zero-order valence-electron chi connectivity index (χ0n) is 8.98. The van der Waals surface area contributed by atoms with E-state index in [1.165, 1.54) is 11.6 Å². The highest BCUT2D eigenvalue weighted by atomic mass is 35.5. The molecule has 1 nitrogen and oxygen atoms in total. The number of benzene rings is 1. The van der Waals surface area contributed by atoms with Gasteiger partial charge in [-0.25, -0.2) is 4.39 Å². The van der Waals surface area contributed by atoms with E-state index in [-0.39, 0.29) is 5.82 Å². The maximum Gasteiger partial charge on any atom is 0.147 e. The second-order valence-corrected chi connectivity index (χ2v) is 3.79. The van der Waals surface area contributed by atoms with Crippen molar-refractivity contribution >= 4 is 17.3 Å². The summed E-state index contributed by atoms with van der Waals surface area (Å²) >= 11 is 5.86. The Morgan fingerprint density at radius 2 is 2.27 bits per heavy atom. The van der Waals surface area contributed by atoms with Crippen molar-refractivity contribution in [3.05, 3.63) is 40.7 Å². The van der Waals surface area contributed by atoms with Crippen LogP contribution in [0.25, 0.3) is 0 Å². The van der Waals surface area contributed by atoms with Crippen LogP contribution in [0.5, 0.6) is 0 Å². The normalized spacial score (nSPS) is 11.6. The summed E-state index contributed by atoms with van der Waals surface area (Å²) in [6, 6.07) is 4.66. The number of anilines is 1. The first kappa shape index (κ1) is 12.1. The standard InChI is InChI=1S/C12H15ClFN/c1-3-9(2)7-8-15-12-10(13)5-4-6-11(12)14/h4-7,15H,3,8H2,1-2H3/b9-7+. The second kappa shape index (κ2) is 5.76. The number of hydrogen-bond donors (Lipinski definition) is 1. The highest BCUT2D eigenvalue weighted by Gasteiger charge is 2.04. The van der Waals surface area contributed by atoms with Crippen LogP contribution >= 0.6 is 11.6 Å². The summed E-state index contributed by atoms with van der Waals surface area (Å²) in [4.78, 5) is 0. The van der Waals surface area contributed by atoms with Crippen LogP contribution in [-0.4, -0.2) is 6.54 Å². The summed E-state index contributed by atoms with van der Waals surface area (Å²) < 4.78 is 13.3. The number of nitrogens with one attached hydrogen (secondary N) is 1. The lowest BCUT2D eigenvalue weighted by atomic mass is 10.2. The van der Waals surface area contributed by atoms with Crippen molar-refractivity contribution < 1.29 is 4.39 Å². The van der Waals surface area contributed by atoms with Crippen molar-refractivity contribution in [2.45, 2.75) is 20.3 Å². The van der Waals surface area contributed by atoms with Gasteiger partial charge in [-0.15, -0.1) is 0 Å². The highest BCUT2D eigenvalue weighted by Crippen LogP contribution is 2.24. The largest absolute Gasteiger partial charge is 0.378 e. The van der Waals surface area contributed by atoms with E-state index >= 15 is 0 Å². The molecule has 0 bridgehead atoms. The summed E-state index contributed by atoms with van der Waals surface area (Å²) in [5.41, 5.74) is 1.65. The van der Waals surface area contributed by atoms with E-state index in [0.29, 0.717) is 17.3 Å². The smallest absolute Gasteiger partial charge is 0.147 e. The highest BCUT2D eigenvalue weighted by molar-refractivity contribution is 6.33. The van der Waals surface area contributed by atoms with Crippen LogP contribution < -0.4 is 5.32 Å². The van der Waals surface area contributed by atoms with Crippen LogP contribution in [0, 0.1) is 5.82 Å². The molecule has 82 valence electrons. The van der Waals surface area contributed by atoms with Crippen LogP contribution in [0.2, 0.25) is 5.02 Å². The molecule has 0 spiro atoms. The fourth-order valence-corrected chi connectivity index (χ4v) is 1.37. The molecular formula is C12H15ClFN. The number of halogens is 2. The van der Waals surface area contributed by atoms with Crippen LogP contribution in [0.1, 0.15) is 20.3 Å². The summed E-state index contributed by atoms with van der Waals surface area (Å²) in [6.45, 7) is 4.73. The Bertz CT molecular complexity index is 340. The molecule has 0 unspecified atom stereocenters. The van der Waals surface area contributed by atoms with Gasteiger partial charge >= 0.3 is 0 Å². The van der Waals surface area contributed by atoms with E-state index in [2.05, 4.69) is 12.2 Å².